The molecule has 0 aromatic carbocycles. The summed E-state index contributed by atoms with van der Waals surface area (Å²) in [6.45, 7) is 36.7. The summed E-state index contributed by atoms with van der Waals surface area (Å²) in [5.41, 5.74) is -0.650. The van der Waals surface area contributed by atoms with Gasteiger partial charge < -0.3 is 9.47 Å². The van der Waals surface area contributed by atoms with Crippen molar-refractivity contribution in [3.8, 4) is 0 Å². The fourth-order valence-corrected chi connectivity index (χ4v) is 9.97. The third-order valence-corrected chi connectivity index (χ3v) is 15.5. The van der Waals surface area contributed by atoms with E-state index >= 15 is 0 Å². The lowest BCUT2D eigenvalue weighted by Gasteiger charge is -2.27. The van der Waals surface area contributed by atoms with Gasteiger partial charge in [0.2, 0.25) is 0 Å². The molecule has 1 aliphatic rings. The lowest BCUT2D eigenvalue weighted by Crippen LogP contribution is -2.34. The van der Waals surface area contributed by atoms with Gasteiger partial charge in [0, 0.05) is 31.0 Å². The molecule has 0 bridgehead atoms. The summed E-state index contributed by atoms with van der Waals surface area (Å²) in [6.07, 6.45) is 50.9. The van der Waals surface area contributed by atoms with Gasteiger partial charge in [-0.15, -0.1) is 6.58 Å². The van der Waals surface area contributed by atoms with E-state index in [2.05, 4.69) is 85.9 Å². The fourth-order valence-electron chi connectivity index (χ4n) is 9.97. The highest BCUT2D eigenvalue weighted by atomic mass is 16.5. The van der Waals surface area contributed by atoms with Crippen LogP contribution in [0.15, 0.2) is 24.8 Å². The Morgan fingerprint density at radius 1 is 0.568 bits per heavy atom. The van der Waals surface area contributed by atoms with Crippen LogP contribution in [0.2, 0.25) is 0 Å². The Morgan fingerprint density at radius 2 is 1.00 bits per heavy atom. The lowest BCUT2D eigenvalue weighted by atomic mass is 9.83. The van der Waals surface area contributed by atoms with E-state index < -0.39 is 5.41 Å². The Morgan fingerprint density at radius 3 is 1.49 bits per heavy atom. The Bertz CT molecular complexity index is 1270. The summed E-state index contributed by atoms with van der Waals surface area (Å²) in [4.78, 5) is 39.9. The van der Waals surface area contributed by atoms with E-state index in [0.717, 1.165) is 129 Å². The zero-order chi connectivity index (χ0) is 56.1. The second-order valence-electron chi connectivity index (χ2n) is 23.3. The summed E-state index contributed by atoms with van der Waals surface area (Å²) in [5.74, 6) is 1.71. The Balaban J connectivity index is -0.00000201. The molecule has 74 heavy (non-hydrogen) atoms. The molecule has 440 valence electrons. The molecular formula is C68H133NO5. The second kappa shape index (κ2) is 54.6. The number of hydrogen-bond acceptors (Lipinski definition) is 6. The van der Waals surface area contributed by atoms with Gasteiger partial charge in [-0.1, -0.05) is 242 Å². The Labute approximate surface area is 464 Å². The molecule has 1 saturated heterocycles. The van der Waals surface area contributed by atoms with Crippen molar-refractivity contribution in [3.63, 3.8) is 0 Å². The maximum atomic E-state index is 13.3. The van der Waals surface area contributed by atoms with E-state index in [9.17, 15) is 14.4 Å². The number of esters is 1. The van der Waals surface area contributed by atoms with Crippen LogP contribution in [0.25, 0.3) is 0 Å². The third-order valence-electron chi connectivity index (χ3n) is 15.5. The molecule has 6 heteroatoms. The van der Waals surface area contributed by atoms with E-state index in [-0.39, 0.29) is 29.1 Å². The predicted octanol–water partition coefficient (Wildman–Crippen LogP) is 21.4. The normalized spacial score (nSPS) is 15.6. The van der Waals surface area contributed by atoms with Gasteiger partial charge in [-0.3, -0.25) is 19.3 Å². The molecule has 0 amide bonds. The summed E-state index contributed by atoms with van der Waals surface area (Å²) in [6, 6.07) is 0.394. The van der Waals surface area contributed by atoms with Crippen LogP contribution < -0.4 is 0 Å². The van der Waals surface area contributed by atoms with Gasteiger partial charge >= 0.3 is 5.97 Å². The number of rotatable bonds is 48. The maximum Gasteiger partial charge on any atom is 0.311 e. The first-order valence-corrected chi connectivity index (χ1v) is 32.6. The lowest BCUT2D eigenvalue weighted by molar-refractivity contribution is -0.161. The summed E-state index contributed by atoms with van der Waals surface area (Å²) in [7, 11) is 0. The van der Waals surface area contributed by atoms with Gasteiger partial charge in [-0.25, -0.2) is 0 Å². The van der Waals surface area contributed by atoms with Crippen molar-refractivity contribution >= 4 is 17.5 Å². The van der Waals surface area contributed by atoms with Crippen molar-refractivity contribution in [2.45, 2.75) is 347 Å². The highest BCUT2D eigenvalue weighted by molar-refractivity contribution is 5.89. The number of nitrogens with zero attached hydrogens (tertiary/aromatic N) is 1. The summed E-state index contributed by atoms with van der Waals surface area (Å²) in [5, 5.41) is 0. The Kier molecular flexibility index (Phi) is 56.4. The van der Waals surface area contributed by atoms with Crippen molar-refractivity contribution in [1.29, 1.82) is 0 Å². The minimum absolute atomic E-state index is 0.00626. The molecule has 1 fully saturated rings. The van der Waals surface area contributed by atoms with Crippen LogP contribution in [0.3, 0.4) is 0 Å². The van der Waals surface area contributed by atoms with Gasteiger partial charge in [-0.2, -0.15) is 0 Å². The average molecular weight is 1040 g/mol. The van der Waals surface area contributed by atoms with Gasteiger partial charge in [0.25, 0.3) is 0 Å². The maximum absolute atomic E-state index is 13.3. The number of carbonyl (C=O) groups excluding carboxylic acids is 3. The molecule has 0 aliphatic carbocycles. The van der Waals surface area contributed by atoms with Gasteiger partial charge in [0.15, 0.2) is 5.78 Å². The quantitative estimate of drug-likeness (QED) is 0.0262. The number of hydrogen-bond donors (Lipinski definition) is 0. The molecule has 1 aliphatic heterocycles. The van der Waals surface area contributed by atoms with Crippen molar-refractivity contribution in [3.05, 3.63) is 24.8 Å². The fraction of sp³-hybridized carbons (Fsp3) is 0.897. The van der Waals surface area contributed by atoms with Crippen molar-refractivity contribution < 1.29 is 23.9 Å². The molecule has 1 heterocycles. The molecule has 0 saturated carbocycles. The van der Waals surface area contributed by atoms with Crippen LogP contribution in [0.5, 0.6) is 0 Å². The number of likely N-dealkylation sites (tertiary alicyclic amines) is 1. The van der Waals surface area contributed by atoms with Crippen LogP contribution >= 0.6 is 0 Å². The van der Waals surface area contributed by atoms with Crippen LogP contribution in [0.1, 0.15) is 335 Å². The average Bonchev–Trinajstić information content (AvgIpc) is 3.79. The summed E-state index contributed by atoms with van der Waals surface area (Å²) >= 11 is 0. The standard InChI is InChI=1S/C47H87NO5.C17H34.2C2H6/c1-9-12-14-16-17-23-30-44(29-22-15-13-10-2)53-45(51)47(7,8)34-25-19-21-27-36-52-39-42-37-41(31-32-43(50)28-11-3)38-48(42)35-26-20-18-24-33-46(5,6)40(4)49;1-4-7-9-11-12-14-16-17(6-3)15-13-10-8-5-2;2*1-2/h31-32,41-42,44H,9-30,33-39H2,1-8H3;6,17H,3-5,7-16H2,1-2H3;2*1-2H3/b32-31-;;;/t41-,42-,44?;;;/m0.../s1. The molecule has 0 N–H and O–H groups in total. The van der Waals surface area contributed by atoms with Crippen molar-refractivity contribution in [1.82, 2.24) is 4.90 Å². The molecule has 0 radical (unpaired) electrons. The summed E-state index contributed by atoms with van der Waals surface area (Å²) < 4.78 is 12.5. The van der Waals surface area contributed by atoms with E-state index in [0.29, 0.717) is 18.4 Å². The van der Waals surface area contributed by atoms with E-state index in [1.807, 2.05) is 33.8 Å². The van der Waals surface area contributed by atoms with Crippen LogP contribution in [0.4, 0.5) is 0 Å². The van der Waals surface area contributed by atoms with Crippen molar-refractivity contribution in [2.75, 3.05) is 26.3 Å². The van der Waals surface area contributed by atoms with Gasteiger partial charge in [-0.05, 0) is 122 Å². The topological polar surface area (TPSA) is 72.9 Å². The highest BCUT2D eigenvalue weighted by Crippen LogP contribution is 2.30. The number of ketones is 2. The zero-order valence-electron chi connectivity index (χ0n) is 52.7. The van der Waals surface area contributed by atoms with E-state index in [4.69, 9.17) is 9.47 Å². The Hall–Kier alpha value is -1.79. The van der Waals surface area contributed by atoms with Gasteiger partial charge in [0.05, 0.1) is 12.0 Å². The number of ether oxygens (including phenoxy) is 2. The first kappa shape index (κ1) is 76.4. The molecule has 0 spiro atoms. The number of carbonyl (C=O) groups is 3. The molecule has 4 atom stereocenters. The number of Topliss-reactive ketones (excluding diaryl/α,β-unsaturated/α-hetero) is 1. The van der Waals surface area contributed by atoms with E-state index in [1.165, 1.54) is 135 Å². The van der Waals surface area contributed by atoms with Gasteiger partial charge in [0.1, 0.15) is 11.9 Å². The first-order valence-electron chi connectivity index (χ1n) is 32.6. The predicted molar refractivity (Wildman–Crippen MR) is 328 cm³/mol. The van der Waals surface area contributed by atoms with Crippen LogP contribution in [-0.4, -0.2) is 60.9 Å². The largest absolute Gasteiger partial charge is 0.462 e. The van der Waals surface area contributed by atoms with Crippen LogP contribution in [-0.2, 0) is 23.9 Å². The molecule has 2 unspecified atom stereocenters. The smallest absolute Gasteiger partial charge is 0.311 e. The monoisotopic (exact) mass is 1040 g/mol. The number of allylic oxidation sites excluding steroid dienone is 2. The highest BCUT2D eigenvalue weighted by Gasteiger charge is 2.32. The molecule has 0 aromatic rings. The minimum atomic E-state index is -0.442. The van der Waals surface area contributed by atoms with Crippen LogP contribution in [0, 0.1) is 22.7 Å². The third kappa shape index (κ3) is 45.3. The molecule has 0 aromatic heterocycles. The second-order valence-corrected chi connectivity index (χ2v) is 23.3. The molecule has 6 nitrogen and oxygen atoms in total. The first-order chi connectivity index (χ1) is 35.7. The van der Waals surface area contributed by atoms with E-state index in [1.54, 1.807) is 6.92 Å². The zero-order valence-corrected chi connectivity index (χ0v) is 52.7. The molecule has 1 rings (SSSR count). The molecular weight excluding hydrogens is 911 g/mol. The number of unbranched alkanes of at least 4 members (excludes halogenated alkanes) is 22. The van der Waals surface area contributed by atoms with Crippen molar-refractivity contribution in [2.24, 2.45) is 22.7 Å². The minimum Gasteiger partial charge on any atom is -0.462 e. The SMILES string of the molecule is C=CC(CCCCCC)CCCCCCCC.CC.CC.CCCCCCCCC(CCCCCC)OC(=O)C(C)(C)CCCCCCOC[C@@H]1C[C@H](/C=C\C(=O)CCC)CN1CCCCCCC(C)(C)C(C)=O.